The van der Waals surface area contributed by atoms with Gasteiger partial charge in [0.25, 0.3) is 0 Å². The number of piperidine rings is 1. The van der Waals surface area contributed by atoms with Gasteiger partial charge in [0.1, 0.15) is 0 Å². The van der Waals surface area contributed by atoms with Crippen LogP contribution in [-0.2, 0) is 12.8 Å². The summed E-state index contributed by atoms with van der Waals surface area (Å²) < 4.78 is 2.10. The number of halogens is 3. The normalized spacial score (nSPS) is 22.4. The van der Waals surface area contributed by atoms with Crippen molar-refractivity contribution < 1.29 is 4.79 Å². The van der Waals surface area contributed by atoms with Crippen LogP contribution in [0.1, 0.15) is 41.1 Å². The van der Waals surface area contributed by atoms with E-state index < -0.39 is 0 Å². The molecule has 5 nitrogen and oxygen atoms in total. The van der Waals surface area contributed by atoms with E-state index in [1.807, 2.05) is 17.3 Å². The second-order valence-electron chi connectivity index (χ2n) is 8.28. The molecular weight excluding hydrogens is 532 g/mol. The van der Waals surface area contributed by atoms with Crippen LogP contribution in [0.25, 0.3) is 0 Å². The Morgan fingerprint density at radius 3 is 2.57 bits per heavy atom. The molecule has 0 spiro atoms. The standard InChI is InChI=1S/C22H23Br2ClN4O/c23-16-9-15-2-1-14-10-17(25)11-18(24)19(14)20(21(15)27-12-16)13-3-6-28(7-4-13)29-8-5-26-22(29)30/h9-13,20H,1-8H2,(H,26,30). The molecule has 1 aliphatic carbocycles. The molecule has 3 heterocycles. The number of hydrogen-bond acceptors (Lipinski definition) is 3. The first kappa shape index (κ1) is 20.7. The molecule has 2 aromatic rings. The topological polar surface area (TPSA) is 48.5 Å². The molecule has 1 unspecified atom stereocenters. The molecule has 2 saturated heterocycles. The number of pyridine rings is 1. The first-order valence-corrected chi connectivity index (χ1v) is 12.4. The SMILES string of the molecule is O=C1NCCN1N1CCC(C2c3ncc(Br)cc3CCc3cc(Cl)cc(Br)c32)CC1. The molecule has 0 bridgehead atoms. The van der Waals surface area contributed by atoms with Gasteiger partial charge in [-0.15, -0.1) is 0 Å². The van der Waals surface area contributed by atoms with Gasteiger partial charge in [0.05, 0.1) is 12.2 Å². The molecule has 0 radical (unpaired) electrons. The maximum absolute atomic E-state index is 12.1. The van der Waals surface area contributed by atoms with Crippen molar-refractivity contribution in [2.75, 3.05) is 26.2 Å². The van der Waals surface area contributed by atoms with E-state index in [0.29, 0.717) is 5.92 Å². The van der Waals surface area contributed by atoms with Gasteiger partial charge in [0.15, 0.2) is 0 Å². The minimum absolute atomic E-state index is 0.0301. The van der Waals surface area contributed by atoms with E-state index in [4.69, 9.17) is 16.6 Å². The van der Waals surface area contributed by atoms with Crippen molar-refractivity contribution in [1.29, 1.82) is 0 Å². The summed E-state index contributed by atoms with van der Waals surface area (Å²) in [6.07, 6.45) is 5.90. The van der Waals surface area contributed by atoms with Crippen LogP contribution in [0.4, 0.5) is 4.79 Å². The number of aryl methyl sites for hydroxylation is 2. The van der Waals surface area contributed by atoms with Gasteiger partial charge in [-0.2, -0.15) is 0 Å². The molecule has 30 heavy (non-hydrogen) atoms. The van der Waals surface area contributed by atoms with Crippen LogP contribution in [0.3, 0.4) is 0 Å². The van der Waals surface area contributed by atoms with Crippen LogP contribution < -0.4 is 5.32 Å². The van der Waals surface area contributed by atoms with Crippen LogP contribution in [-0.4, -0.2) is 47.2 Å². The monoisotopic (exact) mass is 552 g/mol. The Balaban J connectivity index is 1.50. The highest BCUT2D eigenvalue weighted by atomic mass is 79.9. The third-order valence-electron chi connectivity index (χ3n) is 6.58. The number of hydrogen-bond donors (Lipinski definition) is 1. The lowest BCUT2D eigenvalue weighted by Gasteiger charge is -2.40. The van der Waals surface area contributed by atoms with Crippen molar-refractivity contribution in [2.24, 2.45) is 5.92 Å². The van der Waals surface area contributed by atoms with Crippen molar-refractivity contribution in [3.8, 4) is 0 Å². The lowest BCUT2D eigenvalue weighted by atomic mass is 9.76. The van der Waals surface area contributed by atoms with Gasteiger partial charge < -0.3 is 5.32 Å². The van der Waals surface area contributed by atoms with E-state index in [2.05, 4.69) is 54.3 Å². The van der Waals surface area contributed by atoms with Gasteiger partial charge in [-0.05, 0) is 82.4 Å². The van der Waals surface area contributed by atoms with Crippen LogP contribution in [0, 0.1) is 5.92 Å². The van der Waals surface area contributed by atoms with E-state index in [1.54, 1.807) is 0 Å². The molecule has 2 aliphatic heterocycles. The zero-order valence-electron chi connectivity index (χ0n) is 16.5. The highest BCUT2D eigenvalue weighted by Crippen LogP contribution is 2.46. The summed E-state index contributed by atoms with van der Waals surface area (Å²) in [6, 6.07) is 6.39. The maximum Gasteiger partial charge on any atom is 0.332 e. The van der Waals surface area contributed by atoms with Gasteiger partial charge in [-0.25, -0.2) is 9.80 Å². The van der Waals surface area contributed by atoms with Crippen LogP contribution >= 0.6 is 43.5 Å². The Labute approximate surface area is 198 Å². The molecule has 1 aromatic carbocycles. The number of carbonyl (C=O) groups is 1. The van der Waals surface area contributed by atoms with E-state index in [-0.39, 0.29) is 11.9 Å². The van der Waals surface area contributed by atoms with Crippen molar-refractivity contribution in [3.63, 3.8) is 0 Å². The quantitative estimate of drug-likeness (QED) is 0.559. The lowest BCUT2D eigenvalue weighted by molar-refractivity contribution is -0.000166. The maximum atomic E-state index is 12.1. The summed E-state index contributed by atoms with van der Waals surface area (Å²) >= 11 is 13.8. The average Bonchev–Trinajstić information content (AvgIpc) is 3.08. The fraction of sp³-hybridized carbons (Fsp3) is 0.455. The summed E-state index contributed by atoms with van der Waals surface area (Å²) in [5.41, 5.74) is 5.16. The zero-order chi connectivity index (χ0) is 20.8. The van der Waals surface area contributed by atoms with Crippen LogP contribution in [0.5, 0.6) is 0 Å². The van der Waals surface area contributed by atoms with Gasteiger partial charge in [0, 0.05) is 45.7 Å². The van der Waals surface area contributed by atoms with Crippen LogP contribution in [0.15, 0.2) is 33.3 Å². The summed E-state index contributed by atoms with van der Waals surface area (Å²) in [6.45, 7) is 3.27. The zero-order valence-corrected chi connectivity index (χ0v) is 20.4. The third kappa shape index (κ3) is 3.78. The fourth-order valence-electron chi connectivity index (χ4n) is 5.22. The number of amides is 2. The van der Waals surface area contributed by atoms with Gasteiger partial charge in [0.2, 0.25) is 0 Å². The van der Waals surface area contributed by atoms with Gasteiger partial charge in [-0.3, -0.25) is 9.99 Å². The van der Waals surface area contributed by atoms with Gasteiger partial charge in [-0.1, -0.05) is 27.5 Å². The predicted molar refractivity (Wildman–Crippen MR) is 125 cm³/mol. The van der Waals surface area contributed by atoms with Crippen molar-refractivity contribution in [1.82, 2.24) is 20.3 Å². The summed E-state index contributed by atoms with van der Waals surface area (Å²) in [4.78, 5) is 17.0. The van der Waals surface area contributed by atoms with E-state index >= 15 is 0 Å². The highest BCUT2D eigenvalue weighted by Gasteiger charge is 2.37. The molecular formula is C22H23Br2ClN4O. The fourth-order valence-corrected chi connectivity index (χ4v) is 6.72. The second kappa shape index (κ2) is 8.41. The summed E-state index contributed by atoms with van der Waals surface area (Å²) in [5.74, 6) is 0.695. The molecule has 2 fully saturated rings. The van der Waals surface area contributed by atoms with E-state index in [9.17, 15) is 4.79 Å². The van der Waals surface area contributed by atoms with E-state index in [0.717, 1.165) is 65.8 Å². The molecule has 2 amide bonds. The number of rotatable bonds is 2. The molecule has 1 atom stereocenters. The average molecular weight is 555 g/mol. The molecule has 8 heteroatoms. The smallest absolute Gasteiger partial charge is 0.332 e. The van der Waals surface area contributed by atoms with Crippen LogP contribution in [0.2, 0.25) is 5.02 Å². The summed E-state index contributed by atoms with van der Waals surface area (Å²) in [7, 11) is 0. The first-order chi connectivity index (χ1) is 14.5. The first-order valence-electron chi connectivity index (χ1n) is 10.4. The number of nitrogens with zero attached hydrogens (tertiary/aromatic N) is 3. The molecule has 5 rings (SSSR count). The third-order valence-corrected chi connectivity index (χ3v) is 7.89. The Kier molecular flexibility index (Phi) is 5.82. The Hall–Kier alpha value is -1.15. The molecule has 158 valence electrons. The largest absolute Gasteiger partial charge is 0.335 e. The van der Waals surface area contributed by atoms with Crippen molar-refractivity contribution >= 4 is 49.5 Å². The number of urea groups is 1. The lowest BCUT2D eigenvalue weighted by Crippen LogP contribution is -2.49. The second-order valence-corrected chi connectivity index (χ2v) is 10.5. The number of benzene rings is 1. The predicted octanol–water partition coefficient (Wildman–Crippen LogP) is 5.14. The number of carbonyl (C=O) groups excluding carboxylic acids is 1. The Morgan fingerprint density at radius 1 is 1.07 bits per heavy atom. The minimum Gasteiger partial charge on any atom is -0.335 e. The van der Waals surface area contributed by atoms with Gasteiger partial charge >= 0.3 is 6.03 Å². The van der Waals surface area contributed by atoms with Crippen molar-refractivity contribution in [2.45, 2.75) is 31.6 Å². The minimum atomic E-state index is 0.0301. The number of hydrazine groups is 1. The van der Waals surface area contributed by atoms with Crippen molar-refractivity contribution in [3.05, 3.63) is 60.7 Å². The number of aromatic nitrogens is 1. The molecule has 1 N–H and O–H groups in total. The van der Waals surface area contributed by atoms with E-state index in [1.165, 1.54) is 22.4 Å². The molecule has 1 aromatic heterocycles. The Morgan fingerprint density at radius 2 is 1.83 bits per heavy atom. The number of fused-ring (bicyclic) bond motifs is 2. The molecule has 0 saturated carbocycles. The number of nitrogens with one attached hydrogen (secondary N) is 1. The Bertz CT molecular complexity index is 993. The highest BCUT2D eigenvalue weighted by molar-refractivity contribution is 9.10. The summed E-state index contributed by atoms with van der Waals surface area (Å²) in [5, 5.41) is 7.76. The molecule has 3 aliphatic rings.